The molecule has 3 rings (SSSR count). The number of fused-ring (bicyclic) bond motifs is 1. The van der Waals surface area contributed by atoms with Crippen molar-refractivity contribution in [2.75, 3.05) is 6.54 Å². The molecule has 0 aliphatic heterocycles. The first-order valence-corrected chi connectivity index (χ1v) is 8.26. The summed E-state index contributed by atoms with van der Waals surface area (Å²) in [7, 11) is 0. The lowest BCUT2D eigenvalue weighted by atomic mass is 9.90. The maximum atomic E-state index is 12.2. The van der Waals surface area contributed by atoms with Gasteiger partial charge in [0.15, 0.2) is 0 Å². The van der Waals surface area contributed by atoms with E-state index < -0.39 is 0 Å². The second-order valence-corrected chi connectivity index (χ2v) is 6.81. The number of carbonyl (C=O) groups is 1. The molecule has 5 nitrogen and oxygen atoms in total. The fraction of sp³-hybridized carbons (Fsp3) is 0.533. The number of amides is 1. The van der Waals surface area contributed by atoms with Crippen LogP contribution in [0.5, 0.6) is 0 Å². The van der Waals surface area contributed by atoms with Crippen molar-refractivity contribution in [2.24, 2.45) is 5.92 Å². The third kappa shape index (κ3) is 3.50. The van der Waals surface area contributed by atoms with Crippen LogP contribution in [0.1, 0.15) is 39.9 Å². The van der Waals surface area contributed by atoms with Crippen molar-refractivity contribution in [3.63, 3.8) is 0 Å². The van der Waals surface area contributed by atoms with Gasteiger partial charge in [0.1, 0.15) is 12.7 Å². The summed E-state index contributed by atoms with van der Waals surface area (Å²) in [5.74, 6) is 0.798. The van der Waals surface area contributed by atoms with Crippen LogP contribution in [0, 0.1) is 5.92 Å². The highest BCUT2D eigenvalue weighted by Gasteiger charge is 2.20. The van der Waals surface area contributed by atoms with Gasteiger partial charge >= 0.3 is 0 Å². The summed E-state index contributed by atoms with van der Waals surface area (Å²) in [4.78, 5) is 18.3. The number of nitrogens with zero attached hydrogens (tertiary/aromatic N) is 3. The molecule has 1 N–H and O–H groups in total. The van der Waals surface area contributed by atoms with Crippen molar-refractivity contribution >= 4 is 17.2 Å². The van der Waals surface area contributed by atoms with E-state index in [1.54, 1.807) is 22.3 Å². The number of hydrogen-bond donors (Lipinski definition) is 1. The van der Waals surface area contributed by atoms with Gasteiger partial charge in [-0.3, -0.25) is 9.48 Å². The first-order chi connectivity index (χ1) is 10.2. The SMILES string of the molecule is CC1CCc2sc(C(=O)NCCCn3cncn3)cc2C1. The normalized spacial score (nSPS) is 17.5. The van der Waals surface area contributed by atoms with E-state index in [0.717, 1.165) is 36.6 Å². The number of aryl methyl sites for hydroxylation is 2. The minimum absolute atomic E-state index is 0.0562. The third-order valence-electron chi connectivity index (χ3n) is 3.87. The van der Waals surface area contributed by atoms with Crippen LogP contribution in [0.4, 0.5) is 0 Å². The zero-order chi connectivity index (χ0) is 14.7. The zero-order valence-electron chi connectivity index (χ0n) is 12.2. The van der Waals surface area contributed by atoms with E-state index in [1.807, 2.05) is 0 Å². The van der Waals surface area contributed by atoms with Crippen LogP contribution >= 0.6 is 11.3 Å². The molecule has 0 bridgehead atoms. The summed E-state index contributed by atoms with van der Waals surface area (Å²) in [6.07, 6.45) is 7.56. The van der Waals surface area contributed by atoms with E-state index in [1.165, 1.54) is 23.2 Å². The minimum atomic E-state index is 0.0562. The molecule has 2 aromatic rings. The van der Waals surface area contributed by atoms with Crippen LogP contribution in [0.25, 0.3) is 0 Å². The smallest absolute Gasteiger partial charge is 0.261 e. The van der Waals surface area contributed by atoms with Crippen molar-refractivity contribution in [1.82, 2.24) is 20.1 Å². The quantitative estimate of drug-likeness (QED) is 0.862. The monoisotopic (exact) mass is 304 g/mol. The number of rotatable bonds is 5. The fourth-order valence-electron chi connectivity index (χ4n) is 2.70. The van der Waals surface area contributed by atoms with Crippen LogP contribution in [0.15, 0.2) is 18.7 Å². The van der Waals surface area contributed by atoms with E-state index in [2.05, 4.69) is 28.4 Å². The Labute approximate surface area is 128 Å². The van der Waals surface area contributed by atoms with Gasteiger partial charge < -0.3 is 5.32 Å². The number of nitrogens with one attached hydrogen (secondary N) is 1. The van der Waals surface area contributed by atoms with Gasteiger partial charge in [-0.2, -0.15) is 5.10 Å². The molecule has 1 atom stereocenters. The second-order valence-electron chi connectivity index (χ2n) is 5.68. The summed E-state index contributed by atoms with van der Waals surface area (Å²) in [5, 5.41) is 7.03. The third-order valence-corrected chi connectivity index (χ3v) is 5.11. The van der Waals surface area contributed by atoms with Crippen molar-refractivity contribution in [2.45, 2.75) is 39.2 Å². The molecule has 0 saturated carbocycles. The van der Waals surface area contributed by atoms with Crippen molar-refractivity contribution in [3.8, 4) is 0 Å². The molecule has 21 heavy (non-hydrogen) atoms. The molecule has 2 aromatic heterocycles. The Bertz CT molecular complexity index is 605. The second kappa shape index (κ2) is 6.39. The Kier molecular flexibility index (Phi) is 4.34. The summed E-state index contributed by atoms with van der Waals surface area (Å²) in [6, 6.07) is 2.09. The molecule has 112 valence electrons. The van der Waals surface area contributed by atoms with E-state index in [0.29, 0.717) is 6.54 Å². The molecule has 0 saturated heterocycles. The average molecular weight is 304 g/mol. The first-order valence-electron chi connectivity index (χ1n) is 7.44. The summed E-state index contributed by atoms with van der Waals surface area (Å²) >= 11 is 1.66. The number of hydrogen-bond acceptors (Lipinski definition) is 4. The molecule has 0 fully saturated rings. The number of thiophene rings is 1. The molecule has 0 spiro atoms. The molecular weight excluding hydrogens is 284 g/mol. The minimum Gasteiger partial charge on any atom is -0.351 e. The summed E-state index contributed by atoms with van der Waals surface area (Å²) in [6.45, 7) is 3.72. The van der Waals surface area contributed by atoms with Crippen LogP contribution in [-0.2, 0) is 19.4 Å². The standard InChI is InChI=1S/C15H20N4OS/c1-11-3-4-13-12(7-11)8-14(21-13)15(20)17-5-2-6-19-10-16-9-18-19/h8-11H,2-7H2,1H3,(H,17,20). The van der Waals surface area contributed by atoms with Gasteiger partial charge in [0.2, 0.25) is 0 Å². The van der Waals surface area contributed by atoms with Gasteiger partial charge in [-0.25, -0.2) is 4.98 Å². The number of aromatic nitrogens is 3. The fourth-order valence-corrected chi connectivity index (χ4v) is 3.82. The Morgan fingerprint density at radius 3 is 3.29 bits per heavy atom. The largest absolute Gasteiger partial charge is 0.351 e. The van der Waals surface area contributed by atoms with Crippen molar-refractivity contribution in [3.05, 3.63) is 34.0 Å². The van der Waals surface area contributed by atoms with Gasteiger partial charge in [-0.05, 0) is 43.2 Å². The lowest BCUT2D eigenvalue weighted by Crippen LogP contribution is -2.24. The van der Waals surface area contributed by atoms with Crippen LogP contribution < -0.4 is 5.32 Å². The van der Waals surface area contributed by atoms with E-state index in [4.69, 9.17) is 0 Å². The van der Waals surface area contributed by atoms with E-state index in [-0.39, 0.29) is 5.91 Å². The topological polar surface area (TPSA) is 59.8 Å². The summed E-state index contributed by atoms with van der Waals surface area (Å²) in [5.41, 5.74) is 1.38. The maximum Gasteiger partial charge on any atom is 0.261 e. The number of carbonyl (C=O) groups excluding carboxylic acids is 1. The highest BCUT2D eigenvalue weighted by atomic mass is 32.1. The molecule has 2 heterocycles. The van der Waals surface area contributed by atoms with E-state index in [9.17, 15) is 4.79 Å². The van der Waals surface area contributed by atoms with Gasteiger partial charge in [0.25, 0.3) is 5.91 Å². The highest BCUT2D eigenvalue weighted by Crippen LogP contribution is 2.32. The Balaban J connectivity index is 1.49. The van der Waals surface area contributed by atoms with Gasteiger partial charge in [0, 0.05) is 18.0 Å². The first kappa shape index (κ1) is 14.3. The lowest BCUT2D eigenvalue weighted by molar-refractivity contribution is 0.0956. The van der Waals surface area contributed by atoms with Gasteiger partial charge in [0.05, 0.1) is 4.88 Å². The molecule has 6 heteroatoms. The molecular formula is C15H20N4OS. The molecule has 1 unspecified atom stereocenters. The van der Waals surface area contributed by atoms with E-state index >= 15 is 0 Å². The Hall–Kier alpha value is -1.69. The molecule has 1 amide bonds. The Morgan fingerprint density at radius 2 is 2.48 bits per heavy atom. The zero-order valence-corrected chi connectivity index (χ0v) is 13.0. The predicted octanol–water partition coefficient (Wildman–Crippen LogP) is 2.28. The summed E-state index contributed by atoms with van der Waals surface area (Å²) < 4.78 is 1.78. The molecule has 0 aromatic carbocycles. The lowest BCUT2D eigenvalue weighted by Gasteiger charge is -2.16. The van der Waals surface area contributed by atoms with Gasteiger partial charge in [-0.1, -0.05) is 6.92 Å². The molecule has 1 aliphatic carbocycles. The van der Waals surface area contributed by atoms with Crippen molar-refractivity contribution < 1.29 is 4.79 Å². The van der Waals surface area contributed by atoms with Crippen LogP contribution in [0.2, 0.25) is 0 Å². The average Bonchev–Trinajstić information content (AvgIpc) is 3.11. The predicted molar refractivity (Wildman–Crippen MR) is 82.5 cm³/mol. The molecule has 1 aliphatic rings. The Morgan fingerprint density at radius 1 is 1.57 bits per heavy atom. The van der Waals surface area contributed by atoms with Crippen molar-refractivity contribution in [1.29, 1.82) is 0 Å². The highest BCUT2D eigenvalue weighted by molar-refractivity contribution is 7.14. The van der Waals surface area contributed by atoms with Gasteiger partial charge in [-0.15, -0.1) is 11.3 Å². The van der Waals surface area contributed by atoms with Crippen LogP contribution in [0.3, 0.4) is 0 Å². The van der Waals surface area contributed by atoms with Crippen LogP contribution in [-0.4, -0.2) is 27.2 Å². The molecule has 0 radical (unpaired) electrons. The maximum absolute atomic E-state index is 12.2.